The van der Waals surface area contributed by atoms with Crippen molar-refractivity contribution < 1.29 is 9.90 Å². The molecule has 0 saturated carbocycles. The van der Waals surface area contributed by atoms with Crippen LogP contribution < -0.4 is 0 Å². The van der Waals surface area contributed by atoms with E-state index in [1.165, 1.54) is 0 Å². The van der Waals surface area contributed by atoms with Gasteiger partial charge in [-0.25, -0.2) is 0 Å². The number of β-lactam (4-membered cyclic amide) rings is 1. The SMILES string of the molecule is C#CC1C(CCO)C(=O)N1Cc1ccccc1. The van der Waals surface area contributed by atoms with Gasteiger partial charge in [-0.1, -0.05) is 36.3 Å². The highest BCUT2D eigenvalue weighted by molar-refractivity contribution is 5.87. The molecule has 0 aliphatic carbocycles. The molecule has 2 rings (SSSR count). The Balaban J connectivity index is 2.04. The van der Waals surface area contributed by atoms with E-state index in [-0.39, 0.29) is 24.5 Å². The van der Waals surface area contributed by atoms with Crippen molar-refractivity contribution in [3.63, 3.8) is 0 Å². The number of likely N-dealkylation sites (tertiary alicyclic amines) is 1. The van der Waals surface area contributed by atoms with E-state index in [2.05, 4.69) is 5.92 Å². The van der Waals surface area contributed by atoms with Crippen LogP contribution in [-0.4, -0.2) is 28.6 Å². The molecule has 17 heavy (non-hydrogen) atoms. The molecule has 0 spiro atoms. The van der Waals surface area contributed by atoms with E-state index in [9.17, 15) is 4.79 Å². The molecule has 0 bridgehead atoms. The lowest BCUT2D eigenvalue weighted by molar-refractivity contribution is -0.154. The number of aliphatic hydroxyl groups excluding tert-OH is 1. The van der Waals surface area contributed by atoms with Gasteiger partial charge in [0.2, 0.25) is 5.91 Å². The molecule has 1 amide bonds. The summed E-state index contributed by atoms with van der Waals surface area (Å²) in [5.41, 5.74) is 1.07. The first-order valence-electron chi connectivity index (χ1n) is 5.69. The van der Waals surface area contributed by atoms with Gasteiger partial charge in [0, 0.05) is 13.2 Å². The maximum atomic E-state index is 11.8. The topological polar surface area (TPSA) is 40.5 Å². The van der Waals surface area contributed by atoms with Gasteiger partial charge in [-0.3, -0.25) is 4.79 Å². The number of rotatable bonds is 4. The highest BCUT2D eigenvalue weighted by atomic mass is 16.3. The van der Waals surface area contributed by atoms with Gasteiger partial charge < -0.3 is 10.0 Å². The molecule has 2 unspecified atom stereocenters. The molecule has 2 atom stereocenters. The Labute approximate surface area is 101 Å². The lowest BCUT2D eigenvalue weighted by atomic mass is 9.85. The fourth-order valence-electron chi connectivity index (χ4n) is 2.20. The van der Waals surface area contributed by atoms with Gasteiger partial charge >= 0.3 is 0 Å². The summed E-state index contributed by atoms with van der Waals surface area (Å²) in [7, 11) is 0. The molecule has 1 N–H and O–H groups in total. The molecule has 1 aliphatic heterocycles. The summed E-state index contributed by atoms with van der Waals surface area (Å²) in [5, 5.41) is 8.87. The average Bonchev–Trinajstić information content (AvgIpc) is 2.38. The second kappa shape index (κ2) is 5.03. The van der Waals surface area contributed by atoms with Gasteiger partial charge in [0.05, 0.1) is 5.92 Å². The summed E-state index contributed by atoms with van der Waals surface area (Å²) < 4.78 is 0. The van der Waals surface area contributed by atoms with E-state index >= 15 is 0 Å². The fraction of sp³-hybridized carbons (Fsp3) is 0.357. The van der Waals surface area contributed by atoms with E-state index in [1.54, 1.807) is 4.90 Å². The molecule has 1 aliphatic rings. The lowest BCUT2D eigenvalue weighted by Gasteiger charge is -2.44. The normalized spacial score (nSPS) is 23.1. The summed E-state index contributed by atoms with van der Waals surface area (Å²) in [6.07, 6.45) is 5.89. The van der Waals surface area contributed by atoms with Crippen molar-refractivity contribution >= 4 is 5.91 Å². The maximum absolute atomic E-state index is 11.8. The van der Waals surface area contributed by atoms with Gasteiger partial charge in [0.25, 0.3) is 0 Å². The zero-order valence-electron chi connectivity index (χ0n) is 9.54. The summed E-state index contributed by atoms with van der Waals surface area (Å²) in [5.74, 6) is 2.48. The van der Waals surface area contributed by atoms with Crippen LogP contribution in [-0.2, 0) is 11.3 Å². The number of terminal acetylenes is 1. The Morgan fingerprint density at radius 1 is 1.35 bits per heavy atom. The van der Waals surface area contributed by atoms with Crippen molar-refractivity contribution in [3.05, 3.63) is 35.9 Å². The predicted octanol–water partition coefficient (Wildman–Crippen LogP) is 1.03. The second-order valence-electron chi connectivity index (χ2n) is 4.18. The van der Waals surface area contributed by atoms with Gasteiger partial charge in [0.15, 0.2) is 0 Å². The molecule has 0 aromatic heterocycles. The molecule has 3 heteroatoms. The summed E-state index contributed by atoms with van der Waals surface area (Å²) in [6, 6.07) is 9.59. The van der Waals surface area contributed by atoms with Gasteiger partial charge in [-0.2, -0.15) is 0 Å². The van der Waals surface area contributed by atoms with Crippen LogP contribution in [0.1, 0.15) is 12.0 Å². The second-order valence-corrected chi connectivity index (χ2v) is 4.18. The van der Waals surface area contributed by atoms with E-state index in [0.29, 0.717) is 13.0 Å². The smallest absolute Gasteiger partial charge is 0.230 e. The van der Waals surface area contributed by atoms with Crippen LogP contribution in [0.5, 0.6) is 0 Å². The van der Waals surface area contributed by atoms with Crippen LogP contribution in [0.15, 0.2) is 30.3 Å². The Kier molecular flexibility index (Phi) is 3.46. The van der Waals surface area contributed by atoms with Crippen molar-refractivity contribution in [2.24, 2.45) is 5.92 Å². The largest absolute Gasteiger partial charge is 0.396 e. The number of amides is 1. The molecular formula is C14H15NO2. The molecule has 1 aromatic carbocycles. The number of aliphatic hydroxyl groups is 1. The standard InChI is InChI=1S/C14H15NO2/c1-2-13-12(8-9-16)14(17)15(13)10-11-6-4-3-5-7-11/h1,3-7,12-13,16H,8-10H2. The average molecular weight is 229 g/mol. The highest BCUT2D eigenvalue weighted by Gasteiger charge is 2.45. The third-order valence-corrected chi connectivity index (χ3v) is 3.12. The zero-order chi connectivity index (χ0) is 12.3. The number of hydrogen-bond donors (Lipinski definition) is 1. The van der Waals surface area contributed by atoms with Crippen molar-refractivity contribution in [3.8, 4) is 12.3 Å². The predicted molar refractivity (Wildman–Crippen MR) is 64.8 cm³/mol. The van der Waals surface area contributed by atoms with Crippen LogP contribution in [0, 0.1) is 18.3 Å². The number of nitrogens with zero attached hydrogens (tertiary/aromatic N) is 1. The molecule has 1 saturated heterocycles. The van der Waals surface area contributed by atoms with E-state index in [4.69, 9.17) is 11.5 Å². The van der Waals surface area contributed by atoms with Crippen LogP contribution in [0.4, 0.5) is 0 Å². The summed E-state index contributed by atoms with van der Waals surface area (Å²) >= 11 is 0. The molecule has 1 aromatic rings. The Morgan fingerprint density at radius 3 is 2.65 bits per heavy atom. The van der Waals surface area contributed by atoms with Crippen molar-refractivity contribution in [1.29, 1.82) is 0 Å². The monoisotopic (exact) mass is 229 g/mol. The molecule has 1 heterocycles. The molecule has 0 radical (unpaired) electrons. The number of carbonyl (C=O) groups is 1. The third kappa shape index (κ3) is 2.17. The van der Waals surface area contributed by atoms with E-state index in [1.807, 2.05) is 30.3 Å². The quantitative estimate of drug-likeness (QED) is 0.619. The summed E-state index contributed by atoms with van der Waals surface area (Å²) in [4.78, 5) is 13.5. The minimum absolute atomic E-state index is 0.00770. The number of hydrogen-bond acceptors (Lipinski definition) is 2. The lowest BCUT2D eigenvalue weighted by Crippen LogP contribution is -2.59. The maximum Gasteiger partial charge on any atom is 0.230 e. The zero-order valence-corrected chi connectivity index (χ0v) is 9.54. The number of carbonyl (C=O) groups excluding carboxylic acids is 1. The minimum atomic E-state index is -0.200. The Morgan fingerprint density at radius 2 is 2.06 bits per heavy atom. The number of benzene rings is 1. The van der Waals surface area contributed by atoms with Crippen LogP contribution >= 0.6 is 0 Å². The van der Waals surface area contributed by atoms with Crippen LogP contribution in [0.2, 0.25) is 0 Å². The van der Waals surface area contributed by atoms with Gasteiger partial charge in [-0.05, 0) is 12.0 Å². The van der Waals surface area contributed by atoms with Gasteiger partial charge in [0.1, 0.15) is 6.04 Å². The van der Waals surface area contributed by atoms with Crippen molar-refractivity contribution in [1.82, 2.24) is 4.90 Å². The minimum Gasteiger partial charge on any atom is -0.396 e. The molecule has 3 nitrogen and oxygen atoms in total. The first-order valence-corrected chi connectivity index (χ1v) is 5.69. The summed E-state index contributed by atoms with van der Waals surface area (Å²) in [6.45, 7) is 0.560. The Hall–Kier alpha value is -1.79. The van der Waals surface area contributed by atoms with Gasteiger partial charge in [-0.15, -0.1) is 6.42 Å². The van der Waals surface area contributed by atoms with Crippen LogP contribution in [0.25, 0.3) is 0 Å². The first-order chi connectivity index (χ1) is 8.27. The van der Waals surface area contributed by atoms with Crippen molar-refractivity contribution in [2.45, 2.75) is 19.0 Å². The van der Waals surface area contributed by atoms with Crippen LogP contribution in [0.3, 0.4) is 0 Å². The highest BCUT2D eigenvalue weighted by Crippen LogP contribution is 2.30. The fourth-order valence-corrected chi connectivity index (χ4v) is 2.20. The third-order valence-electron chi connectivity index (χ3n) is 3.12. The molecular weight excluding hydrogens is 214 g/mol. The van der Waals surface area contributed by atoms with E-state index in [0.717, 1.165) is 5.56 Å². The molecule has 1 fully saturated rings. The van der Waals surface area contributed by atoms with Crippen molar-refractivity contribution in [2.75, 3.05) is 6.61 Å². The first kappa shape index (κ1) is 11.7. The Bertz CT molecular complexity index is 435. The van der Waals surface area contributed by atoms with E-state index < -0.39 is 0 Å². The molecule has 88 valence electrons.